The van der Waals surface area contributed by atoms with Crippen molar-refractivity contribution >= 4 is 17.5 Å². The Balaban J connectivity index is 1.80. The van der Waals surface area contributed by atoms with E-state index in [2.05, 4.69) is 5.10 Å². The highest BCUT2D eigenvalue weighted by Crippen LogP contribution is 2.37. The summed E-state index contributed by atoms with van der Waals surface area (Å²) in [7, 11) is 0. The van der Waals surface area contributed by atoms with E-state index < -0.39 is 12.0 Å². The Morgan fingerprint density at radius 2 is 1.88 bits per heavy atom. The number of rotatable bonds is 3. The summed E-state index contributed by atoms with van der Waals surface area (Å²) in [5.41, 5.74) is 1.73. The molecule has 1 N–H and O–H groups in total. The lowest BCUT2D eigenvalue weighted by Gasteiger charge is -2.24. The van der Waals surface area contributed by atoms with E-state index in [4.69, 9.17) is 0 Å². The summed E-state index contributed by atoms with van der Waals surface area (Å²) in [6, 6.07) is 10.2. The molecule has 2 aromatic rings. The van der Waals surface area contributed by atoms with Crippen LogP contribution in [0.3, 0.4) is 0 Å². The highest BCUT2D eigenvalue weighted by atomic mass is 16.4. The third-order valence-electron chi connectivity index (χ3n) is 4.99. The van der Waals surface area contributed by atoms with Crippen molar-refractivity contribution in [3.05, 3.63) is 52.3 Å². The smallest absolute Gasteiger partial charge is 0.327 e. The lowest BCUT2D eigenvalue weighted by molar-refractivity contribution is -0.138. The van der Waals surface area contributed by atoms with Crippen LogP contribution >= 0.6 is 0 Å². The number of carboxylic acid groups (broad SMARTS) is 1. The molecule has 0 radical (unpaired) electrons. The monoisotopic (exact) mass is 325 g/mol. The third-order valence-corrected chi connectivity index (χ3v) is 4.99. The van der Waals surface area contributed by atoms with Crippen LogP contribution in [0.5, 0.6) is 0 Å². The van der Waals surface area contributed by atoms with Gasteiger partial charge in [0.15, 0.2) is 5.82 Å². The number of aromatic nitrogens is 2. The van der Waals surface area contributed by atoms with Gasteiger partial charge < -0.3 is 10.0 Å². The minimum atomic E-state index is -0.883. The summed E-state index contributed by atoms with van der Waals surface area (Å²) in [5.74, 6) is -0.356. The van der Waals surface area contributed by atoms with Crippen LogP contribution in [0, 0.1) is 0 Å². The number of nitrogens with zero attached hydrogens (tertiary/aromatic N) is 3. The maximum atomic E-state index is 12.2. The number of carbonyl (C=O) groups is 1. The van der Waals surface area contributed by atoms with E-state index in [0.717, 1.165) is 36.9 Å². The van der Waals surface area contributed by atoms with Gasteiger partial charge in [-0.2, -0.15) is 5.10 Å². The molecule has 6 heteroatoms. The van der Waals surface area contributed by atoms with E-state index in [1.54, 1.807) is 15.6 Å². The van der Waals surface area contributed by atoms with Crippen molar-refractivity contribution in [2.24, 2.45) is 0 Å². The molecule has 1 saturated carbocycles. The van der Waals surface area contributed by atoms with Crippen LogP contribution in [-0.2, 0) is 11.2 Å². The summed E-state index contributed by atoms with van der Waals surface area (Å²) in [5, 5.41) is 14.1. The largest absolute Gasteiger partial charge is 0.480 e. The fourth-order valence-corrected chi connectivity index (χ4v) is 3.82. The Bertz CT molecular complexity index is 839. The molecule has 2 aliphatic rings. The van der Waals surface area contributed by atoms with Gasteiger partial charge in [-0.25, -0.2) is 9.48 Å². The molecular formula is C18H19N3O3. The van der Waals surface area contributed by atoms with Gasteiger partial charge in [0.25, 0.3) is 5.56 Å². The molecule has 0 unspecified atom stereocenters. The Labute approximate surface area is 139 Å². The van der Waals surface area contributed by atoms with Gasteiger partial charge in [-0.3, -0.25) is 4.79 Å². The molecule has 1 aromatic carbocycles. The average molecular weight is 325 g/mol. The van der Waals surface area contributed by atoms with E-state index in [0.29, 0.717) is 12.2 Å². The minimum Gasteiger partial charge on any atom is -0.480 e. The first-order valence-corrected chi connectivity index (χ1v) is 8.35. The molecule has 24 heavy (non-hydrogen) atoms. The van der Waals surface area contributed by atoms with Gasteiger partial charge in [0, 0.05) is 18.2 Å². The van der Waals surface area contributed by atoms with Crippen molar-refractivity contribution in [3.63, 3.8) is 0 Å². The van der Waals surface area contributed by atoms with Crippen LogP contribution in [0.15, 0.2) is 41.2 Å². The molecule has 1 aromatic heterocycles. The van der Waals surface area contributed by atoms with E-state index in [-0.39, 0.29) is 11.6 Å². The molecule has 0 amide bonds. The summed E-state index contributed by atoms with van der Waals surface area (Å²) in [6.07, 6.45) is 4.56. The van der Waals surface area contributed by atoms with Crippen LogP contribution in [0.1, 0.15) is 37.3 Å². The zero-order valence-electron chi connectivity index (χ0n) is 13.3. The number of carboxylic acids is 1. The number of para-hydroxylation sites is 1. The number of anilines is 2. The number of fused-ring (bicyclic) bond motifs is 1. The first-order valence-electron chi connectivity index (χ1n) is 8.35. The predicted octanol–water partition coefficient (Wildman–Crippen LogP) is 2.51. The van der Waals surface area contributed by atoms with Crippen LogP contribution in [0.2, 0.25) is 0 Å². The average Bonchev–Trinajstić information content (AvgIpc) is 3.23. The lowest BCUT2D eigenvalue weighted by atomic mass is 10.1. The number of hydrogen-bond donors (Lipinski definition) is 1. The van der Waals surface area contributed by atoms with Crippen LogP contribution in [0.4, 0.5) is 11.5 Å². The Morgan fingerprint density at radius 1 is 1.12 bits per heavy atom. The fraction of sp³-hybridized carbons (Fsp3) is 0.389. The second-order valence-electron chi connectivity index (χ2n) is 6.47. The molecule has 4 rings (SSSR count). The van der Waals surface area contributed by atoms with Crippen molar-refractivity contribution in [3.8, 4) is 0 Å². The van der Waals surface area contributed by atoms with Crippen LogP contribution in [0.25, 0.3) is 0 Å². The topological polar surface area (TPSA) is 75.4 Å². The fourth-order valence-electron chi connectivity index (χ4n) is 3.82. The predicted molar refractivity (Wildman–Crippen MR) is 89.7 cm³/mol. The van der Waals surface area contributed by atoms with Gasteiger partial charge in [0.2, 0.25) is 0 Å². The van der Waals surface area contributed by atoms with Gasteiger partial charge in [-0.1, -0.05) is 31.0 Å². The van der Waals surface area contributed by atoms with Crippen molar-refractivity contribution in [2.75, 3.05) is 4.90 Å². The number of benzene rings is 1. The maximum Gasteiger partial charge on any atom is 0.327 e. The SMILES string of the molecule is O=C(O)[C@@H]1Cc2ccccc2N1c1ccc(=O)n(C2CCCC2)n1. The van der Waals surface area contributed by atoms with E-state index in [1.807, 2.05) is 24.3 Å². The van der Waals surface area contributed by atoms with Gasteiger partial charge >= 0.3 is 5.97 Å². The molecule has 2 heterocycles. The van der Waals surface area contributed by atoms with Crippen molar-refractivity contribution in [2.45, 2.75) is 44.2 Å². The van der Waals surface area contributed by atoms with Crippen molar-refractivity contribution in [1.29, 1.82) is 0 Å². The van der Waals surface area contributed by atoms with E-state index in [1.165, 1.54) is 6.07 Å². The van der Waals surface area contributed by atoms with Gasteiger partial charge in [0.05, 0.1) is 6.04 Å². The summed E-state index contributed by atoms with van der Waals surface area (Å²) in [4.78, 5) is 25.7. The normalized spacial score (nSPS) is 20.3. The molecule has 1 aliphatic carbocycles. The number of aliphatic carboxylic acids is 1. The second-order valence-corrected chi connectivity index (χ2v) is 6.47. The summed E-state index contributed by atoms with van der Waals surface area (Å²) in [6.45, 7) is 0. The molecule has 0 saturated heterocycles. The number of hydrogen-bond acceptors (Lipinski definition) is 4. The molecule has 1 aliphatic heterocycles. The van der Waals surface area contributed by atoms with Crippen molar-refractivity contribution < 1.29 is 9.90 Å². The Hall–Kier alpha value is -2.63. The minimum absolute atomic E-state index is 0.120. The zero-order chi connectivity index (χ0) is 16.7. The first-order chi connectivity index (χ1) is 11.6. The van der Waals surface area contributed by atoms with Gasteiger partial charge in [-0.15, -0.1) is 0 Å². The lowest BCUT2D eigenvalue weighted by Crippen LogP contribution is -2.37. The Morgan fingerprint density at radius 3 is 2.62 bits per heavy atom. The van der Waals surface area contributed by atoms with Crippen molar-refractivity contribution in [1.82, 2.24) is 9.78 Å². The molecule has 124 valence electrons. The highest BCUT2D eigenvalue weighted by Gasteiger charge is 2.36. The first kappa shape index (κ1) is 14.9. The molecule has 1 atom stereocenters. The van der Waals surface area contributed by atoms with E-state index >= 15 is 0 Å². The third kappa shape index (κ3) is 2.38. The summed E-state index contributed by atoms with van der Waals surface area (Å²) < 4.78 is 1.54. The summed E-state index contributed by atoms with van der Waals surface area (Å²) >= 11 is 0. The van der Waals surface area contributed by atoms with E-state index in [9.17, 15) is 14.7 Å². The highest BCUT2D eigenvalue weighted by molar-refractivity contribution is 5.86. The molecule has 0 spiro atoms. The standard InChI is InChI=1S/C18H19N3O3/c22-17-10-9-16(19-21(17)13-6-2-3-7-13)20-14-8-4-1-5-12(14)11-15(20)18(23)24/h1,4-5,8-10,13,15H,2-3,6-7,11H2,(H,23,24)/t15-/m0/s1. The molecule has 0 bridgehead atoms. The quantitative estimate of drug-likeness (QED) is 0.938. The van der Waals surface area contributed by atoms with Gasteiger partial charge in [-0.05, 0) is 30.5 Å². The van der Waals surface area contributed by atoms with Crippen LogP contribution in [-0.4, -0.2) is 26.9 Å². The molecule has 6 nitrogen and oxygen atoms in total. The zero-order valence-corrected chi connectivity index (χ0v) is 13.3. The van der Waals surface area contributed by atoms with Gasteiger partial charge in [0.1, 0.15) is 6.04 Å². The molecule has 1 fully saturated rings. The Kier molecular flexibility index (Phi) is 3.59. The molecular weight excluding hydrogens is 306 g/mol. The second kappa shape index (κ2) is 5.78. The van der Waals surface area contributed by atoms with Crippen LogP contribution < -0.4 is 10.5 Å². The maximum absolute atomic E-state index is 12.2.